The van der Waals surface area contributed by atoms with Crippen molar-refractivity contribution in [3.63, 3.8) is 0 Å². The number of β-amino-alcohol motifs (C(OH)–C–C–N with tert-alkyl or cyclic N) is 1. The molecule has 2 aliphatic heterocycles. The summed E-state index contributed by atoms with van der Waals surface area (Å²) in [5.41, 5.74) is 1.89. The molecule has 2 aromatic rings. The van der Waals surface area contributed by atoms with Gasteiger partial charge in [-0.15, -0.1) is 0 Å². The van der Waals surface area contributed by atoms with Crippen LogP contribution in [0.25, 0.3) is 10.9 Å². The molecule has 6 heteroatoms. The second-order valence-electron chi connectivity index (χ2n) is 9.75. The number of benzene rings is 1. The summed E-state index contributed by atoms with van der Waals surface area (Å²) >= 11 is 0. The summed E-state index contributed by atoms with van der Waals surface area (Å²) in [5.74, 6) is 1.65. The predicted molar refractivity (Wildman–Crippen MR) is 122 cm³/mol. The highest BCUT2D eigenvalue weighted by Gasteiger charge is 2.36. The fourth-order valence-corrected chi connectivity index (χ4v) is 6.21. The fourth-order valence-electron chi connectivity index (χ4n) is 6.21. The van der Waals surface area contributed by atoms with Crippen LogP contribution in [-0.2, 0) is 0 Å². The van der Waals surface area contributed by atoms with E-state index in [9.17, 15) is 9.90 Å². The molecule has 1 saturated heterocycles. The summed E-state index contributed by atoms with van der Waals surface area (Å²) in [4.78, 5) is 18.0. The maximum Gasteiger partial charge on any atom is 0.256 e. The van der Waals surface area contributed by atoms with Crippen molar-refractivity contribution >= 4 is 16.8 Å². The van der Waals surface area contributed by atoms with Gasteiger partial charge < -0.3 is 19.3 Å². The molecule has 3 atom stereocenters. The van der Waals surface area contributed by atoms with Crippen molar-refractivity contribution in [3.05, 3.63) is 30.0 Å². The van der Waals surface area contributed by atoms with Crippen molar-refractivity contribution in [2.24, 2.45) is 5.92 Å². The molecule has 1 aromatic heterocycles. The van der Waals surface area contributed by atoms with Crippen molar-refractivity contribution in [2.45, 2.75) is 64.1 Å². The fraction of sp³-hybridized carbons (Fsp3) is 0.640. The molecule has 0 spiro atoms. The molecule has 2 fully saturated rings. The Hall–Kier alpha value is -2.05. The minimum absolute atomic E-state index is 0.118. The van der Waals surface area contributed by atoms with Gasteiger partial charge in [0.1, 0.15) is 12.4 Å². The van der Waals surface area contributed by atoms with Crippen LogP contribution >= 0.6 is 0 Å². The molecule has 0 bridgehead atoms. The van der Waals surface area contributed by atoms with Gasteiger partial charge in [0.15, 0.2) is 0 Å². The highest BCUT2D eigenvalue weighted by molar-refractivity contribution is 6.08. The van der Waals surface area contributed by atoms with E-state index in [1.807, 2.05) is 17.0 Å². The van der Waals surface area contributed by atoms with Gasteiger partial charge in [-0.1, -0.05) is 31.4 Å². The quantitative estimate of drug-likeness (QED) is 0.812. The van der Waals surface area contributed by atoms with E-state index in [1.54, 1.807) is 0 Å². The van der Waals surface area contributed by atoms with Crippen LogP contribution in [0.2, 0.25) is 0 Å². The number of aromatic nitrogens is 1. The van der Waals surface area contributed by atoms with Crippen LogP contribution in [0, 0.1) is 5.92 Å². The zero-order chi connectivity index (χ0) is 21.5. The van der Waals surface area contributed by atoms with Crippen LogP contribution in [0.1, 0.15) is 62.4 Å². The number of ether oxygens (including phenoxy) is 1. The van der Waals surface area contributed by atoms with Crippen molar-refractivity contribution in [3.8, 4) is 5.75 Å². The van der Waals surface area contributed by atoms with Gasteiger partial charge in [0, 0.05) is 43.3 Å². The maximum absolute atomic E-state index is 13.7. The van der Waals surface area contributed by atoms with Crippen molar-refractivity contribution in [1.82, 2.24) is 14.4 Å². The smallest absolute Gasteiger partial charge is 0.256 e. The Bertz CT molecular complexity index is 937. The number of piperazine rings is 1. The molecular formula is C25H35N3O3. The number of nitrogens with zero attached hydrogens (tertiary/aromatic N) is 3. The number of aliphatic hydroxyl groups is 1. The Morgan fingerprint density at radius 1 is 1.13 bits per heavy atom. The lowest BCUT2D eigenvalue weighted by Gasteiger charge is -2.44. The minimum Gasteiger partial charge on any atom is -0.489 e. The maximum atomic E-state index is 13.7. The Morgan fingerprint density at radius 3 is 2.58 bits per heavy atom. The van der Waals surface area contributed by atoms with Crippen LogP contribution in [-0.4, -0.2) is 70.3 Å². The van der Waals surface area contributed by atoms with E-state index < -0.39 is 0 Å². The number of rotatable bonds is 4. The summed E-state index contributed by atoms with van der Waals surface area (Å²) in [7, 11) is 0. The summed E-state index contributed by atoms with van der Waals surface area (Å²) < 4.78 is 8.57. The van der Waals surface area contributed by atoms with E-state index in [0.29, 0.717) is 38.2 Å². The molecule has 5 rings (SSSR count). The molecule has 3 aliphatic rings. The van der Waals surface area contributed by atoms with Crippen molar-refractivity contribution < 1.29 is 14.6 Å². The second kappa shape index (κ2) is 8.47. The molecule has 1 amide bonds. The molecule has 0 radical (unpaired) electrons. The normalized spacial score (nSPS) is 27.5. The summed E-state index contributed by atoms with van der Waals surface area (Å²) in [6, 6.07) is 6.89. The van der Waals surface area contributed by atoms with E-state index in [-0.39, 0.29) is 24.6 Å². The van der Waals surface area contributed by atoms with Gasteiger partial charge in [0.05, 0.1) is 23.7 Å². The predicted octanol–water partition coefficient (Wildman–Crippen LogP) is 3.68. The van der Waals surface area contributed by atoms with E-state index in [1.165, 1.54) is 32.1 Å². The topological polar surface area (TPSA) is 57.9 Å². The Kier molecular flexibility index (Phi) is 5.69. The molecule has 1 aromatic carbocycles. The third kappa shape index (κ3) is 3.64. The SMILES string of the molecule is C[C@@H]1CN(C(=O)c2cn3c4c(cccc24)OC[C@H]3C2CCCCC2)C[C@H](C)N1CCO. The van der Waals surface area contributed by atoms with Gasteiger partial charge in [-0.05, 0) is 38.7 Å². The van der Waals surface area contributed by atoms with Gasteiger partial charge in [0.25, 0.3) is 5.91 Å². The summed E-state index contributed by atoms with van der Waals surface area (Å²) in [6.45, 7) is 7.19. The number of carbonyl (C=O) groups is 1. The number of amides is 1. The first kappa shape index (κ1) is 20.8. The monoisotopic (exact) mass is 425 g/mol. The van der Waals surface area contributed by atoms with E-state index >= 15 is 0 Å². The molecule has 31 heavy (non-hydrogen) atoms. The van der Waals surface area contributed by atoms with Gasteiger partial charge in [-0.2, -0.15) is 0 Å². The van der Waals surface area contributed by atoms with Gasteiger partial charge in [0.2, 0.25) is 0 Å². The first-order chi connectivity index (χ1) is 15.1. The molecule has 3 heterocycles. The molecule has 168 valence electrons. The lowest BCUT2D eigenvalue weighted by molar-refractivity contribution is 0.0237. The average Bonchev–Trinajstić information content (AvgIpc) is 3.18. The van der Waals surface area contributed by atoms with Gasteiger partial charge in [-0.25, -0.2) is 0 Å². The Labute approximate surface area is 184 Å². The first-order valence-electron chi connectivity index (χ1n) is 12.0. The zero-order valence-corrected chi connectivity index (χ0v) is 18.8. The van der Waals surface area contributed by atoms with Crippen molar-refractivity contribution in [2.75, 3.05) is 32.8 Å². The Balaban J connectivity index is 1.47. The van der Waals surface area contributed by atoms with Crippen LogP contribution in [0.4, 0.5) is 0 Å². The number of carbonyl (C=O) groups excluding carboxylic acids is 1. The standard InChI is InChI=1S/C25H35N3O3/c1-17-13-26(14-18(2)27(17)11-12-29)25(30)21-15-28-22(19-7-4-3-5-8-19)16-31-23-10-6-9-20(21)24(23)28/h6,9-10,15,17-19,22,29H,3-5,7-8,11-14,16H2,1-2H3/t17-,18+,22-/m0/s1. The molecule has 0 unspecified atom stereocenters. The molecule has 1 aliphatic carbocycles. The number of aliphatic hydroxyl groups excluding tert-OH is 1. The molecule has 6 nitrogen and oxygen atoms in total. The highest BCUT2D eigenvalue weighted by atomic mass is 16.5. The lowest BCUT2D eigenvalue weighted by atomic mass is 9.83. The third-order valence-electron chi connectivity index (χ3n) is 7.75. The summed E-state index contributed by atoms with van der Waals surface area (Å²) in [5, 5.41) is 10.4. The van der Waals surface area contributed by atoms with Crippen LogP contribution in [0.3, 0.4) is 0 Å². The first-order valence-corrected chi connectivity index (χ1v) is 12.0. The molecule has 1 N–H and O–H groups in total. The van der Waals surface area contributed by atoms with Gasteiger partial charge >= 0.3 is 0 Å². The highest BCUT2D eigenvalue weighted by Crippen LogP contribution is 2.42. The van der Waals surface area contributed by atoms with Crippen LogP contribution in [0.5, 0.6) is 5.75 Å². The third-order valence-corrected chi connectivity index (χ3v) is 7.75. The van der Waals surface area contributed by atoms with E-state index in [4.69, 9.17) is 4.74 Å². The largest absolute Gasteiger partial charge is 0.489 e. The van der Waals surface area contributed by atoms with E-state index in [2.05, 4.69) is 35.6 Å². The molecule has 1 saturated carbocycles. The van der Waals surface area contributed by atoms with Crippen LogP contribution < -0.4 is 4.74 Å². The Morgan fingerprint density at radius 2 is 1.87 bits per heavy atom. The zero-order valence-electron chi connectivity index (χ0n) is 18.8. The van der Waals surface area contributed by atoms with Crippen molar-refractivity contribution in [1.29, 1.82) is 0 Å². The molecular weight excluding hydrogens is 390 g/mol. The number of hydrogen-bond acceptors (Lipinski definition) is 4. The number of hydrogen-bond donors (Lipinski definition) is 1. The van der Waals surface area contributed by atoms with Gasteiger partial charge in [-0.3, -0.25) is 9.69 Å². The lowest BCUT2D eigenvalue weighted by Crippen LogP contribution is -2.58. The minimum atomic E-state index is 0.118. The summed E-state index contributed by atoms with van der Waals surface area (Å²) in [6.07, 6.45) is 8.56. The van der Waals surface area contributed by atoms with Crippen LogP contribution in [0.15, 0.2) is 24.4 Å². The average molecular weight is 426 g/mol. The van der Waals surface area contributed by atoms with E-state index in [0.717, 1.165) is 22.2 Å². The second-order valence-corrected chi connectivity index (χ2v) is 9.75. The number of para-hydroxylation sites is 1.